The van der Waals surface area contributed by atoms with Crippen molar-refractivity contribution in [3.63, 3.8) is 0 Å². The normalized spacial score (nSPS) is 14.2. The topological polar surface area (TPSA) is 101 Å². The number of aromatic carboxylic acids is 1. The Morgan fingerprint density at radius 3 is 2.79 bits per heavy atom. The molecule has 0 atom stereocenters. The summed E-state index contributed by atoms with van der Waals surface area (Å²) in [6.07, 6.45) is 1.62. The molecule has 0 radical (unpaired) electrons. The van der Waals surface area contributed by atoms with Gasteiger partial charge in [-0.1, -0.05) is 0 Å². The lowest BCUT2D eigenvalue weighted by atomic mass is 10.3. The van der Waals surface area contributed by atoms with Crippen LogP contribution in [0.5, 0.6) is 0 Å². The van der Waals surface area contributed by atoms with Crippen LogP contribution in [0.3, 0.4) is 0 Å². The SMILES string of the molecule is O=C(O)c1ccc(C(=O)N2CCn3cnnc3C2)o1. The molecule has 1 N–H and O–H groups in total. The van der Waals surface area contributed by atoms with Gasteiger partial charge in [0.1, 0.15) is 6.33 Å². The first-order valence-electron chi connectivity index (χ1n) is 5.64. The number of nitrogens with zero attached hydrogens (tertiary/aromatic N) is 4. The van der Waals surface area contributed by atoms with E-state index < -0.39 is 5.97 Å². The Kier molecular flexibility index (Phi) is 2.55. The summed E-state index contributed by atoms with van der Waals surface area (Å²) in [6.45, 7) is 1.45. The van der Waals surface area contributed by atoms with Gasteiger partial charge in [-0.3, -0.25) is 4.79 Å². The van der Waals surface area contributed by atoms with Crippen LogP contribution in [0.25, 0.3) is 0 Å². The standard InChI is InChI=1S/C11H10N4O4/c16-10(7-1-2-8(19-7)11(17)18)14-3-4-15-6-12-13-9(15)5-14/h1-2,6H,3-5H2,(H,17,18). The molecule has 8 heteroatoms. The van der Waals surface area contributed by atoms with E-state index in [1.54, 1.807) is 11.2 Å². The monoisotopic (exact) mass is 262 g/mol. The van der Waals surface area contributed by atoms with Crippen molar-refractivity contribution in [3.8, 4) is 0 Å². The largest absolute Gasteiger partial charge is 0.475 e. The fraction of sp³-hybridized carbons (Fsp3) is 0.273. The van der Waals surface area contributed by atoms with Gasteiger partial charge in [0.2, 0.25) is 5.76 Å². The molecule has 0 spiro atoms. The van der Waals surface area contributed by atoms with Gasteiger partial charge >= 0.3 is 5.97 Å². The number of carbonyl (C=O) groups is 2. The molecule has 8 nitrogen and oxygen atoms in total. The first-order valence-corrected chi connectivity index (χ1v) is 5.64. The van der Waals surface area contributed by atoms with Crippen molar-refractivity contribution < 1.29 is 19.1 Å². The van der Waals surface area contributed by atoms with Gasteiger partial charge < -0.3 is 19.0 Å². The Balaban J connectivity index is 1.79. The maximum atomic E-state index is 12.1. The van der Waals surface area contributed by atoms with Crippen LogP contribution in [0.2, 0.25) is 0 Å². The molecule has 0 aromatic carbocycles. The maximum Gasteiger partial charge on any atom is 0.371 e. The first kappa shape index (κ1) is 11.5. The van der Waals surface area contributed by atoms with Crippen LogP contribution in [0, 0.1) is 0 Å². The van der Waals surface area contributed by atoms with E-state index in [4.69, 9.17) is 9.52 Å². The summed E-state index contributed by atoms with van der Waals surface area (Å²) in [6, 6.07) is 2.63. The van der Waals surface area contributed by atoms with Crippen molar-refractivity contribution in [1.29, 1.82) is 0 Å². The Morgan fingerprint density at radius 2 is 2.05 bits per heavy atom. The van der Waals surface area contributed by atoms with Crippen molar-refractivity contribution in [3.05, 3.63) is 35.8 Å². The molecule has 1 aliphatic heterocycles. The van der Waals surface area contributed by atoms with E-state index >= 15 is 0 Å². The number of aromatic nitrogens is 3. The summed E-state index contributed by atoms with van der Waals surface area (Å²) in [5, 5.41) is 16.4. The van der Waals surface area contributed by atoms with Gasteiger partial charge in [-0.25, -0.2) is 4.79 Å². The number of furan rings is 1. The van der Waals surface area contributed by atoms with Crippen LogP contribution in [0.4, 0.5) is 0 Å². The molecular weight excluding hydrogens is 252 g/mol. The van der Waals surface area contributed by atoms with E-state index in [9.17, 15) is 9.59 Å². The highest BCUT2D eigenvalue weighted by molar-refractivity contribution is 5.93. The molecule has 2 aromatic heterocycles. The summed E-state index contributed by atoms with van der Waals surface area (Å²) < 4.78 is 6.87. The highest BCUT2D eigenvalue weighted by Gasteiger charge is 2.25. The Morgan fingerprint density at radius 1 is 1.26 bits per heavy atom. The lowest BCUT2D eigenvalue weighted by Gasteiger charge is -2.26. The fourth-order valence-corrected chi connectivity index (χ4v) is 1.96. The molecular formula is C11H10N4O4. The predicted molar refractivity (Wildman–Crippen MR) is 60.4 cm³/mol. The fourth-order valence-electron chi connectivity index (χ4n) is 1.96. The van der Waals surface area contributed by atoms with E-state index in [1.165, 1.54) is 12.1 Å². The summed E-state index contributed by atoms with van der Waals surface area (Å²) in [5.74, 6) is -1.07. The van der Waals surface area contributed by atoms with Crippen molar-refractivity contribution in [1.82, 2.24) is 19.7 Å². The van der Waals surface area contributed by atoms with E-state index in [2.05, 4.69) is 10.2 Å². The number of carboxylic acids is 1. The van der Waals surface area contributed by atoms with E-state index in [-0.39, 0.29) is 17.4 Å². The lowest BCUT2D eigenvalue weighted by molar-refractivity contribution is 0.0636. The van der Waals surface area contributed by atoms with E-state index in [0.29, 0.717) is 25.5 Å². The Bertz CT molecular complexity index is 645. The second-order valence-corrected chi connectivity index (χ2v) is 4.14. The minimum atomic E-state index is -1.20. The zero-order valence-electron chi connectivity index (χ0n) is 9.81. The first-order chi connectivity index (χ1) is 9.15. The molecule has 0 saturated carbocycles. The summed E-state index contributed by atoms with van der Waals surface area (Å²) in [7, 11) is 0. The van der Waals surface area contributed by atoms with Crippen LogP contribution in [0.1, 0.15) is 26.9 Å². The maximum absolute atomic E-state index is 12.1. The number of carbonyl (C=O) groups excluding carboxylic acids is 1. The average Bonchev–Trinajstić information content (AvgIpc) is 3.06. The van der Waals surface area contributed by atoms with Crippen molar-refractivity contribution in [2.75, 3.05) is 6.54 Å². The predicted octanol–water partition coefficient (Wildman–Crippen LogP) is 0.225. The average molecular weight is 262 g/mol. The number of carboxylic acid groups (broad SMARTS) is 1. The highest BCUT2D eigenvalue weighted by atomic mass is 16.4. The van der Waals surface area contributed by atoms with Gasteiger partial charge in [0.15, 0.2) is 11.6 Å². The van der Waals surface area contributed by atoms with Gasteiger partial charge in [0.25, 0.3) is 5.91 Å². The quantitative estimate of drug-likeness (QED) is 0.831. The van der Waals surface area contributed by atoms with Crippen molar-refractivity contribution in [2.45, 2.75) is 13.1 Å². The number of rotatable bonds is 2. The molecule has 3 heterocycles. The second kappa shape index (κ2) is 4.23. The zero-order valence-corrected chi connectivity index (χ0v) is 9.81. The number of fused-ring (bicyclic) bond motifs is 1. The van der Waals surface area contributed by atoms with E-state index in [1.807, 2.05) is 4.57 Å². The van der Waals surface area contributed by atoms with Crippen LogP contribution in [0.15, 0.2) is 22.9 Å². The molecule has 2 aromatic rings. The smallest absolute Gasteiger partial charge is 0.371 e. The summed E-state index contributed by atoms with van der Waals surface area (Å²) in [5.41, 5.74) is 0. The van der Waals surface area contributed by atoms with E-state index in [0.717, 1.165) is 0 Å². The summed E-state index contributed by atoms with van der Waals surface area (Å²) >= 11 is 0. The van der Waals surface area contributed by atoms with Gasteiger partial charge in [0.05, 0.1) is 6.54 Å². The third-order valence-electron chi connectivity index (χ3n) is 2.95. The number of hydrogen-bond donors (Lipinski definition) is 1. The lowest BCUT2D eigenvalue weighted by Crippen LogP contribution is -2.38. The van der Waals surface area contributed by atoms with Crippen molar-refractivity contribution >= 4 is 11.9 Å². The minimum absolute atomic E-state index is 0.0189. The van der Waals surface area contributed by atoms with Gasteiger partial charge in [-0.05, 0) is 12.1 Å². The highest BCUT2D eigenvalue weighted by Crippen LogP contribution is 2.15. The molecule has 0 fully saturated rings. The Labute approximate surface area is 107 Å². The molecule has 98 valence electrons. The van der Waals surface area contributed by atoms with Crippen LogP contribution < -0.4 is 0 Å². The third-order valence-corrected chi connectivity index (χ3v) is 2.95. The van der Waals surface area contributed by atoms with Crippen molar-refractivity contribution in [2.24, 2.45) is 0 Å². The van der Waals surface area contributed by atoms with Gasteiger partial charge in [-0.2, -0.15) is 0 Å². The molecule has 1 amide bonds. The molecule has 0 bridgehead atoms. The molecule has 0 saturated heterocycles. The number of hydrogen-bond acceptors (Lipinski definition) is 5. The number of amides is 1. The van der Waals surface area contributed by atoms with Gasteiger partial charge in [0, 0.05) is 13.1 Å². The Hall–Kier alpha value is -2.64. The summed E-state index contributed by atoms with van der Waals surface area (Å²) in [4.78, 5) is 24.4. The van der Waals surface area contributed by atoms with Crippen LogP contribution in [-0.4, -0.2) is 43.2 Å². The van der Waals surface area contributed by atoms with Gasteiger partial charge in [-0.15, -0.1) is 10.2 Å². The zero-order chi connectivity index (χ0) is 13.4. The minimum Gasteiger partial charge on any atom is -0.475 e. The molecule has 0 unspecified atom stereocenters. The van der Waals surface area contributed by atoms with Crippen LogP contribution >= 0.6 is 0 Å². The van der Waals surface area contributed by atoms with Crippen LogP contribution in [-0.2, 0) is 13.1 Å². The molecule has 0 aliphatic carbocycles. The molecule has 19 heavy (non-hydrogen) atoms. The molecule has 3 rings (SSSR count). The third kappa shape index (κ3) is 1.96. The second-order valence-electron chi connectivity index (χ2n) is 4.14. The molecule has 1 aliphatic rings.